The van der Waals surface area contributed by atoms with E-state index in [4.69, 9.17) is 32.7 Å². The zero-order valence-electron chi connectivity index (χ0n) is 11.4. The van der Waals surface area contributed by atoms with Crippen LogP contribution in [0.2, 0.25) is 10.0 Å². The van der Waals surface area contributed by atoms with E-state index in [-0.39, 0.29) is 24.4 Å². The summed E-state index contributed by atoms with van der Waals surface area (Å²) in [6.45, 7) is 0.527. The predicted molar refractivity (Wildman–Crippen MR) is 81.6 cm³/mol. The van der Waals surface area contributed by atoms with Crippen molar-refractivity contribution in [3.63, 3.8) is 0 Å². The number of ether oxygens (including phenoxy) is 2. The maximum Gasteiger partial charge on any atom is 0.185 e. The van der Waals surface area contributed by atoms with Crippen LogP contribution in [0.5, 0.6) is 0 Å². The number of aliphatic hydroxyl groups excluding tert-OH is 1. The van der Waals surface area contributed by atoms with Crippen molar-refractivity contribution in [3.05, 3.63) is 39.9 Å². The smallest absolute Gasteiger partial charge is 0.185 e. The van der Waals surface area contributed by atoms with E-state index in [0.29, 0.717) is 22.2 Å². The molecule has 1 atom stereocenters. The molecule has 0 saturated carbocycles. The molecule has 1 heterocycles. The van der Waals surface area contributed by atoms with Crippen LogP contribution in [0.25, 0.3) is 5.76 Å². The van der Waals surface area contributed by atoms with Gasteiger partial charge >= 0.3 is 0 Å². The number of hydrogen-bond donors (Lipinski definition) is 1. The summed E-state index contributed by atoms with van der Waals surface area (Å²) in [7, 11) is 0. The molecule has 2 rings (SSSR count). The zero-order valence-corrected chi connectivity index (χ0v) is 12.9. The molecule has 1 N–H and O–H groups in total. The fourth-order valence-corrected chi connectivity index (χ4v) is 2.25. The molecule has 1 aliphatic heterocycles. The number of hydrogen-bond acceptors (Lipinski definition) is 4. The second-order valence-electron chi connectivity index (χ2n) is 4.73. The number of carbonyl (C=O) groups excluding carboxylic acids is 1. The minimum atomic E-state index is -0.340. The fourth-order valence-electron chi connectivity index (χ4n) is 1.95. The Kier molecular flexibility index (Phi) is 6.06. The van der Waals surface area contributed by atoms with Gasteiger partial charge in [-0.2, -0.15) is 0 Å². The molecule has 1 aromatic carbocycles. The number of halogens is 2. The SMILES string of the molecule is O=C(C=C(O)c1ccc(Cl)c(Cl)c1)COC1CCCCO1. The molecule has 6 heteroatoms. The lowest BCUT2D eigenvalue weighted by molar-refractivity contribution is -0.167. The van der Waals surface area contributed by atoms with Crippen molar-refractivity contribution < 1.29 is 19.4 Å². The summed E-state index contributed by atoms with van der Waals surface area (Å²) in [4.78, 5) is 11.7. The Hall–Kier alpha value is -1.07. The van der Waals surface area contributed by atoms with Crippen LogP contribution in [0.3, 0.4) is 0 Å². The van der Waals surface area contributed by atoms with Crippen molar-refractivity contribution >= 4 is 34.7 Å². The van der Waals surface area contributed by atoms with E-state index in [1.54, 1.807) is 12.1 Å². The van der Waals surface area contributed by atoms with Crippen molar-refractivity contribution in [2.24, 2.45) is 0 Å². The maximum atomic E-state index is 11.7. The molecule has 0 aromatic heterocycles. The third-order valence-electron chi connectivity index (χ3n) is 3.06. The zero-order chi connectivity index (χ0) is 15.2. The summed E-state index contributed by atoms with van der Waals surface area (Å²) in [6, 6.07) is 4.63. The Labute approximate surface area is 133 Å². The molecular formula is C15H16Cl2O4. The average molecular weight is 331 g/mol. The molecule has 1 fully saturated rings. The summed E-state index contributed by atoms with van der Waals surface area (Å²) < 4.78 is 10.7. The van der Waals surface area contributed by atoms with Gasteiger partial charge in [0.2, 0.25) is 0 Å². The normalized spacial score (nSPS) is 19.5. The number of rotatable bonds is 5. The minimum absolute atomic E-state index is 0.129. The largest absolute Gasteiger partial charge is 0.507 e. The molecule has 0 amide bonds. The Balaban J connectivity index is 1.91. The number of carbonyl (C=O) groups is 1. The first-order valence-corrected chi connectivity index (χ1v) is 7.44. The molecule has 4 nitrogen and oxygen atoms in total. The van der Waals surface area contributed by atoms with Crippen LogP contribution in [-0.2, 0) is 14.3 Å². The van der Waals surface area contributed by atoms with Gasteiger partial charge in [-0.25, -0.2) is 0 Å². The Bertz CT molecular complexity index is 536. The summed E-state index contributed by atoms with van der Waals surface area (Å²) >= 11 is 11.7. The van der Waals surface area contributed by atoms with Crippen LogP contribution in [0.4, 0.5) is 0 Å². The predicted octanol–water partition coefficient (Wildman–Crippen LogP) is 4.00. The lowest BCUT2D eigenvalue weighted by atomic mass is 10.1. The van der Waals surface area contributed by atoms with Crippen LogP contribution in [0.15, 0.2) is 24.3 Å². The minimum Gasteiger partial charge on any atom is -0.507 e. The van der Waals surface area contributed by atoms with E-state index in [9.17, 15) is 9.90 Å². The third kappa shape index (κ3) is 5.00. The van der Waals surface area contributed by atoms with Crippen molar-refractivity contribution in [3.8, 4) is 0 Å². The summed E-state index contributed by atoms with van der Waals surface area (Å²) in [5.74, 6) is -0.514. The Morgan fingerprint density at radius 2 is 2.19 bits per heavy atom. The van der Waals surface area contributed by atoms with Crippen LogP contribution in [-0.4, -0.2) is 30.4 Å². The number of aliphatic hydroxyl groups is 1. The first kappa shape index (κ1) is 16.3. The summed E-state index contributed by atoms with van der Waals surface area (Å²) in [5, 5.41) is 10.6. The van der Waals surface area contributed by atoms with Gasteiger partial charge in [-0.05, 0) is 37.5 Å². The standard InChI is InChI=1S/C15H16Cl2O4/c16-12-5-4-10(7-13(12)17)14(19)8-11(18)9-21-15-3-1-2-6-20-15/h4-5,7-8,15,19H,1-3,6,9H2. The van der Waals surface area contributed by atoms with E-state index >= 15 is 0 Å². The van der Waals surface area contributed by atoms with E-state index in [1.165, 1.54) is 6.07 Å². The van der Waals surface area contributed by atoms with Crippen molar-refractivity contribution in [1.29, 1.82) is 0 Å². The Morgan fingerprint density at radius 1 is 1.38 bits per heavy atom. The first-order chi connectivity index (χ1) is 10.1. The van der Waals surface area contributed by atoms with Gasteiger partial charge in [0.25, 0.3) is 0 Å². The lowest BCUT2D eigenvalue weighted by Crippen LogP contribution is -2.24. The van der Waals surface area contributed by atoms with Gasteiger partial charge in [-0.3, -0.25) is 4.79 Å². The highest BCUT2D eigenvalue weighted by molar-refractivity contribution is 6.42. The molecule has 1 unspecified atom stereocenters. The van der Waals surface area contributed by atoms with E-state index < -0.39 is 0 Å². The van der Waals surface area contributed by atoms with Gasteiger partial charge in [0.05, 0.1) is 10.0 Å². The van der Waals surface area contributed by atoms with Gasteiger partial charge < -0.3 is 14.6 Å². The molecule has 0 radical (unpaired) electrons. The molecular weight excluding hydrogens is 315 g/mol. The lowest BCUT2D eigenvalue weighted by Gasteiger charge is -2.21. The van der Waals surface area contributed by atoms with Gasteiger partial charge in [-0.15, -0.1) is 0 Å². The maximum absolute atomic E-state index is 11.7. The van der Waals surface area contributed by atoms with Crippen LogP contribution in [0, 0.1) is 0 Å². The molecule has 114 valence electrons. The second-order valence-corrected chi connectivity index (χ2v) is 5.55. The number of ketones is 1. The molecule has 21 heavy (non-hydrogen) atoms. The quantitative estimate of drug-likeness (QED) is 0.654. The highest BCUT2D eigenvalue weighted by Gasteiger charge is 2.15. The number of benzene rings is 1. The van der Waals surface area contributed by atoms with Crippen LogP contribution >= 0.6 is 23.2 Å². The van der Waals surface area contributed by atoms with Crippen molar-refractivity contribution in [2.75, 3.05) is 13.2 Å². The third-order valence-corrected chi connectivity index (χ3v) is 3.80. The van der Waals surface area contributed by atoms with Gasteiger partial charge in [-0.1, -0.05) is 23.2 Å². The highest BCUT2D eigenvalue weighted by Crippen LogP contribution is 2.25. The van der Waals surface area contributed by atoms with Crippen LogP contribution < -0.4 is 0 Å². The van der Waals surface area contributed by atoms with Crippen LogP contribution in [0.1, 0.15) is 24.8 Å². The van der Waals surface area contributed by atoms with E-state index in [0.717, 1.165) is 25.3 Å². The van der Waals surface area contributed by atoms with E-state index in [1.807, 2.05) is 0 Å². The van der Waals surface area contributed by atoms with Gasteiger partial charge in [0, 0.05) is 18.2 Å². The average Bonchev–Trinajstić information content (AvgIpc) is 2.49. The van der Waals surface area contributed by atoms with Gasteiger partial charge in [0.15, 0.2) is 12.1 Å². The molecule has 1 saturated heterocycles. The molecule has 1 aromatic rings. The second kappa shape index (κ2) is 7.80. The molecule has 1 aliphatic rings. The summed E-state index contributed by atoms with van der Waals surface area (Å²) in [6.07, 6.45) is 3.62. The van der Waals surface area contributed by atoms with E-state index in [2.05, 4.69) is 0 Å². The summed E-state index contributed by atoms with van der Waals surface area (Å²) in [5.41, 5.74) is 0.423. The first-order valence-electron chi connectivity index (χ1n) is 6.68. The van der Waals surface area contributed by atoms with Crippen molar-refractivity contribution in [2.45, 2.75) is 25.6 Å². The van der Waals surface area contributed by atoms with Crippen molar-refractivity contribution in [1.82, 2.24) is 0 Å². The monoisotopic (exact) mass is 330 g/mol. The fraction of sp³-hybridized carbons (Fsp3) is 0.400. The molecule has 0 spiro atoms. The highest BCUT2D eigenvalue weighted by atomic mass is 35.5. The molecule has 0 bridgehead atoms. The molecule has 0 aliphatic carbocycles. The Morgan fingerprint density at radius 3 is 2.86 bits per heavy atom. The van der Waals surface area contributed by atoms with Gasteiger partial charge in [0.1, 0.15) is 12.4 Å². The topological polar surface area (TPSA) is 55.8 Å².